The van der Waals surface area contributed by atoms with Crippen LogP contribution in [0.1, 0.15) is 6.92 Å². The molecule has 0 aromatic carbocycles. The van der Waals surface area contributed by atoms with Crippen LogP contribution >= 0.6 is 0 Å². The monoisotopic (exact) mass is 218 g/mol. The van der Waals surface area contributed by atoms with Crippen LogP contribution in [0.3, 0.4) is 0 Å². The summed E-state index contributed by atoms with van der Waals surface area (Å²) in [6.07, 6.45) is 6.48. The molecule has 0 unspecified atom stereocenters. The lowest BCUT2D eigenvalue weighted by molar-refractivity contribution is 0.154. The lowest BCUT2D eigenvalue weighted by atomic mass is 10.5. The van der Waals surface area contributed by atoms with Crippen LogP contribution in [0.25, 0.3) is 0 Å². The Balaban J connectivity index is 0.000000181. The zero-order valence-electron chi connectivity index (χ0n) is 9.11. The maximum atomic E-state index is 10.8. The van der Waals surface area contributed by atoms with Crippen molar-refractivity contribution in [1.29, 1.82) is 0 Å². The Bertz CT molecular complexity index is 358. The first-order valence-corrected chi connectivity index (χ1v) is 4.99. The molecule has 0 aliphatic heterocycles. The maximum absolute atomic E-state index is 10.8. The van der Waals surface area contributed by atoms with E-state index in [0.717, 1.165) is 0 Å². The van der Waals surface area contributed by atoms with Crippen LogP contribution in [0.15, 0.2) is 55.1 Å². The van der Waals surface area contributed by atoms with Crippen molar-refractivity contribution in [3.8, 4) is 0 Å². The number of ether oxygens (including phenoxy) is 1. The molecule has 0 radical (unpaired) electrons. The van der Waals surface area contributed by atoms with E-state index < -0.39 is 0 Å². The van der Waals surface area contributed by atoms with Crippen LogP contribution in [0.2, 0.25) is 0 Å². The van der Waals surface area contributed by atoms with E-state index in [1.54, 1.807) is 43.8 Å². The summed E-state index contributed by atoms with van der Waals surface area (Å²) in [5, 5.41) is 0. The number of pyridine rings is 1. The minimum Gasteiger partial charge on any atom is -0.449 e. The van der Waals surface area contributed by atoms with Crippen molar-refractivity contribution in [2.75, 3.05) is 6.61 Å². The summed E-state index contributed by atoms with van der Waals surface area (Å²) in [6.45, 7) is 2.19. The first-order valence-electron chi connectivity index (χ1n) is 4.99. The summed E-state index contributed by atoms with van der Waals surface area (Å²) in [5.74, 6) is 0. The second-order valence-corrected chi connectivity index (χ2v) is 2.81. The number of rotatable bonds is 1. The molecule has 4 heteroatoms. The largest absolute Gasteiger partial charge is 0.449 e. The first-order chi connectivity index (χ1) is 7.84. The highest BCUT2D eigenvalue weighted by atomic mass is 16.5. The molecule has 2 rings (SSSR count). The van der Waals surface area contributed by atoms with Crippen molar-refractivity contribution in [3.63, 3.8) is 0 Å². The molecule has 0 atom stereocenters. The molecule has 0 saturated carbocycles. The molecule has 0 N–H and O–H groups in total. The Morgan fingerprint density at radius 2 is 1.75 bits per heavy atom. The molecule has 0 bridgehead atoms. The Morgan fingerprint density at radius 1 is 1.12 bits per heavy atom. The van der Waals surface area contributed by atoms with Gasteiger partial charge in [-0.2, -0.15) is 0 Å². The number of nitrogens with zero attached hydrogens (tertiary/aromatic N) is 2. The molecule has 0 aliphatic rings. The van der Waals surface area contributed by atoms with Gasteiger partial charge in [-0.15, -0.1) is 0 Å². The van der Waals surface area contributed by atoms with Crippen molar-refractivity contribution in [2.24, 2.45) is 0 Å². The molecular formula is C12H14N2O2. The first kappa shape index (κ1) is 12.0. The van der Waals surface area contributed by atoms with Crippen molar-refractivity contribution >= 4 is 6.09 Å². The SMILES string of the molecule is CCOC(=O)n1cccc1.c1ccncc1. The van der Waals surface area contributed by atoms with E-state index in [4.69, 9.17) is 4.74 Å². The smallest absolute Gasteiger partial charge is 0.417 e. The van der Waals surface area contributed by atoms with E-state index in [1.165, 1.54) is 4.57 Å². The molecule has 4 nitrogen and oxygen atoms in total. The van der Waals surface area contributed by atoms with Crippen LogP contribution in [0.4, 0.5) is 4.79 Å². The molecule has 0 aliphatic carbocycles. The van der Waals surface area contributed by atoms with Crippen LogP contribution in [0, 0.1) is 0 Å². The Kier molecular flexibility index (Phi) is 5.41. The lowest BCUT2D eigenvalue weighted by Gasteiger charge is -1.99. The van der Waals surface area contributed by atoms with Gasteiger partial charge in [-0.3, -0.25) is 9.55 Å². The summed E-state index contributed by atoms with van der Waals surface area (Å²) < 4.78 is 6.10. The number of carbonyl (C=O) groups excluding carboxylic acids is 1. The van der Waals surface area contributed by atoms with Gasteiger partial charge in [0, 0.05) is 24.8 Å². The highest BCUT2D eigenvalue weighted by Gasteiger charge is 1.99. The Labute approximate surface area is 94.5 Å². The highest BCUT2D eigenvalue weighted by molar-refractivity contribution is 5.70. The van der Waals surface area contributed by atoms with Gasteiger partial charge in [-0.1, -0.05) is 6.07 Å². The number of carbonyl (C=O) groups is 1. The molecule has 84 valence electrons. The zero-order valence-corrected chi connectivity index (χ0v) is 9.11. The average molecular weight is 218 g/mol. The van der Waals surface area contributed by atoms with E-state index in [2.05, 4.69) is 4.98 Å². The van der Waals surface area contributed by atoms with Gasteiger partial charge < -0.3 is 4.74 Å². The minimum absolute atomic E-state index is 0.326. The second-order valence-electron chi connectivity index (χ2n) is 2.81. The third-order valence-corrected chi connectivity index (χ3v) is 1.65. The van der Waals surface area contributed by atoms with Crippen molar-refractivity contribution < 1.29 is 9.53 Å². The molecule has 0 spiro atoms. The van der Waals surface area contributed by atoms with Crippen LogP contribution in [-0.2, 0) is 4.74 Å². The lowest BCUT2D eigenvalue weighted by Crippen LogP contribution is -2.10. The van der Waals surface area contributed by atoms with Gasteiger partial charge in [0.1, 0.15) is 0 Å². The van der Waals surface area contributed by atoms with Crippen molar-refractivity contribution in [2.45, 2.75) is 6.92 Å². The number of hydrogen-bond donors (Lipinski definition) is 0. The van der Waals surface area contributed by atoms with Gasteiger partial charge in [0.25, 0.3) is 0 Å². The normalized spacial score (nSPS) is 8.81. The summed E-state index contributed by atoms with van der Waals surface area (Å²) >= 11 is 0. The molecule has 0 fully saturated rings. The van der Waals surface area contributed by atoms with Crippen molar-refractivity contribution in [3.05, 3.63) is 55.1 Å². The van der Waals surface area contributed by atoms with E-state index in [1.807, 2.05) is 18.2 Å². The molecule has 2 aromatic heterocycles. The van der Waals surface area contributed by atoms with E-state index >= 15 is 0 Å². The maximum Gasteiger partial charge on any atom is 0.417 e. The third kappa shape index (κ3) is 4.41. The molecule has 0 saturated heterocycles. The summed E-state index contributed by atoms with van der Waals surface area (Å²) in [6, 6.07) is 9.26. The second kappa shape index (κ2) is 7.23. The van der Waals surface area contributed by atoms with Gasteiger partial charge in [-0.05, 0) is 31.2 Å². The van der Waals surface area contributed by atoms with Crippen LogP contribution in [0.5, 0.6) is 0 Å². The Hall–Kier alpha value is -2.10. The van der Waals surface area contributed by atoms with Crippen LogP contribution in [-0.4, -0.2) is 22.3 Å². The fourth-order valence-corrected chi connectivity index (χ4v) is 0.967. The molecular weight excluding hydrogens is 204 g/mol. The summed E-state index contributed by atoms with van der Waals surface area (Å²) in [4.78, 5) is 14.6. The molecule has 2 aromatic rings. The molecule has 0 amide bonds. The minimum atomic E-state index is -0.326. The highest BCUT2D eigenvalue weighted by Crippen LogP contribution is 1.91. The predicted octanol–water partition coefficient (Wildman–Crippen LogP) is 2.57. The molecule has 16 heavy (non-hydrogen) atoms. The average Bonchev–Trinajstić information content (AvgIpc) is 2.86. The standard InChI is InChI=1S/C7H9NO2.C5H5N/c1-2-10-7(9)8-5-3-4-6-8;1-2-4-6-5-3-1/h3-6H,2H2,1H3;1-5H. The van der Waals surface area contributed by atoms with E-state index in [9.17, 15) is 4.79 Å². The van der Waals surface area contributed by atoms with Gasteiger partial charge in [0.15, 0.2) is 0 Å². The Morgan fingerprint density at radius 3 is 2.12 bits per heavy atom. The number of hydrogen-bond acceptors (Lipinski definition) is 3. The van der Waals surface area contributed by atoms with Gasteiger partial charge >= 0.3 is 6.09 Å². The van der Waals surface area contributed by atoms with E-state index in [0.29, 0.717) is 6.61 Å². The van der Waals surface area contributed by atoms with Crippen molar-refractivity contribution in [1.82, 2.24) is 9.55 Å². The third-order valence-electron chi connectivity index (χ3n) is 1.65. The van der Waals surface area contributed by atoms with Gasteiger partial charge in [-0.25, -0.2) is 4.79 Å². The summed E-state index contributed by atoms with van der Waals surface area (Å²) in [5.41, 5.74) is 0. The molecule has 2 heterocycles. The topological polar surface area (TPSA) is 44.1 Å². The van der Waals surface area contributed by atoms with Gasteiger partial charge in [0.05, 0.1) is 6.61 Å². The summed E-state index contributed by atoms with van der Waals surface area (Å²) in [7, 11) is 0. The quantitative estimate of drug-likeness (QED) is 0.738. The number of aromatic nitrogens is 2. The predicted molar refractivity (Wildman–Crippen MR) is 61.1 cm³/mol. The fourth-order valence-electron chi connectivity index (χ4n) is 0.967. The van der Waals surface area contributed by atoms with Gasteiger partial charge in [0.2, 0.25) is 0 Å². The van der Waals surface area contributed by atoms with Crippen LogP contribution < -0.4 is 0 Å². The fraction of sp³-hybridized carbons (Fsp3) is 0.167. The zero-order chi connectivity index (χ0) is 11.6. The van der Waals surface area contributed by atoms with E-state index in [-0.39, 0.29) is 6.09 Å².